The maximum Gasteiger partial charge on any atom is 0.288 e. The summed E-state index contributed by atoms with van der Waals surface area (Å²) >= 11 is 11.0. The minimum absolute atomic E-state index is 0.0622. The summed E-state index contributed by atoms with van der Waals surface area (Å²) in [5.41, 5.74) is 1.10. The third-order valence-corrected chi connectivity index (χ3v) is 4.15. The van der Waals surface area contributed by atoms with Crippen LogP contribution >= 0.6 is 23.8 Å². The van der Waals surface area contributed by atoms with E-state index in [1.165, 1.54) is 23.0 Å². The number of nitro groups is 1. The Hall–Kier alpha value is -3.04. The highest BCUT2D eigenvalue weighted by molar-refractivity contribution is 7.71. The Kier molecular flexibility index (Phi) is 5.63. The van der Waals surface area contributed by atoms with Crippen LogP contribution in [0.2, 0.25) is 5.02 Å². The summed E-state index contributed by atoms with van der Waals surface area (Å²) in [6.45, 7) is 2.49. The number of halogens is 1. The van der Waals surface area contributed by atoms with Crippen molar-refractivity contribution in [3.05, 3.63) is 67.9 Å². The first-order chi connectivity index (χ1) is 13.0. The van der Waals surface area contributed by atoms with Crippen LogP contribution in [0.25, 0.3) is 11.4 Å². The Balaban J connectivity index is 1.93. The van der Waals surface area contributed by atoms with Crippen LogP contribution in [0, 0.1) is 14.9 Å². The van der Waals surface area contributed by atoms with Gasteiger partial charge in [0.05, 0.1) is 17.7 Å². The second kappa shape index (κ2) is 8.11. The average Bonchev–Trinajstić information content (AvgIpc) is 3.02. The van der Waals surface area contributed by atoms with Crippen LogP contribution in [-0.2, 0) is 0 Å². The molecule has 10 heteroatoms. The molecule has 0 amide bonds. The van der Waals surface area contributed by atoms with Crippen LogP contribution in [0.3, 0.4) is 0 Å². The molecule has 8 nitrogen and oxygen atoms in total. The summed E-state index contributed by atoms with van der Waals surface area (Å²) in [7, 11) is 0. The lowest BCUT2D eigenvalue weighted by molar-refractivity contribution is -0.384. The van der Waals surface area contributed by atoms with Crippen LogP contribution < -0.4 is 4.74 Å². The van der Waals surface area contributed by atoms with E-state index in [4.69, 9.17) is 28.6 Å². The molecule has 0 aliphatic heterocycles. The normalized spacial score (nSPS) is 11.0. The van der Waals surface area contributed by atoms with E-state index in [1.54, 1.807) is 6.07 Å². The molecule has 1 heterocycles. The fourth-order valence-corrected chi connectivity index (χ4v) is 2.69. The molecule has 0 aliphatic carbocycles. The molecule has 0 spiro atoms. The number of ether oxygens (including phenoxy) is 1. The highest BCUT2D eigenvalue weighted by atomic mass is 35.5. The lowest BCUT2D eigenvalue weighted by atomic mass is 10.2. The Morgan fingerprint density at radius 3 is 2.78 bits per heavy atom. The van der Waals surface area contributed by atoms with Crippen molar-refractivity contribution in [2.24, 2.45) is 5.10 Å². The smallest absolute Gasteiger partial charge is 0.288 e. The molecule has 0 fully saturated rings. The molecule has 0 saturated carbocycles. The minimum atomic E-state index is -0.547. The summed E-state index contributed by atoms with van der Waals surface area (Å²) in [5.74, 6) is 1.25. The number of rotatable bonds is 6. The number of nitrogens with zero attached hydrogens (tertiary/aromatic N) is 4. The van der Waals surface area contributed by atoms with Crippen LogP contribution in [0.5, 0.6) is 5.75 Å². The predicted molar refractivity (Wildman–Crippen MR) is 105 cm³/mol. The number of H-pyrrole nitrogens is 1. The zero-order valence-corrected chi connectivity index (χ0v) is 15.7. The molecule has 0 bridgehead atoms. The van der Waals surface area contributed by atoms with Crippen LogP contribution in [-0.4, -0.2) is 32.6 Å². The number of aromatic nitrogens is 3. The van der Waals surface area contributed by atoms with E-state index in [0.717, 1.165) is 11.3 Å². The molecule has 1 N–H and O–H groups in total. The van der Waals surface area contributed by atoms with Crippen molar-refractivity contribution < 1.29 is 9.66 Å². The maximum atomic E-state index is 11.0. The van der Waals surface area contributed by atoms with Gasteiger partial charge in [0, 0.05) is 17.2 Å². The third-order valence-electron chi connectivity index (χ3n) is 3.56. The Morgan fingerprint density at radius 2 is 2.11 bits per heavy atom. The van der Waals surface area contributed by atoms with Gasteiger partial charge in [-0.3, -0.25) is 10.1 Å². The Labute approximate surface area is 164 Å². The van der Waals surface area contributed by atoms with Crippen molar-refractivity contribution in [2.75, 3.05) is 6.61 Å². The summed E-state index contributed by atoms with van der Waals surface area (Å²) in [5, 5.41) is 22.3. The number of aromatic amines is 1. The fourth-order valence-electron chi connectivity index (χ4n) is 2.33. The highest BCUT2D eigenvalue weighted by Crippen LogP contribution is 2.25. The molecular weight excluding hydrogens is 390 g/mol. The van der Waals surface area contributed by atoms with Crippen LogP contribution in [0.15, 0.2) is 47.6 Å². The van der Waals surface area contributed by atoms with Crippen molar-refractivity contribution >= 4 is 35.7 Å². The summed E-state index contributed by atoms with van der Waals surface area (Å²) in [6, 6.07) is 11.7. The van der Waals surface area contributed by atoms with Gasteiger partial charge in [0.1, 0.15) is 10.8 Å². The zero-order valence-electron chi connectivity index (χ0n) is 14.1. The maximum absolute atomic E-state index is 11.0. The molecule has 2 aromatic carbocycles. The van der Waals surface area contributed by atoms with Crippen LogP contribution in [0.4, 0.5) is 5.69 Å². The van der Waals surface area contributed by atoms with E-state index in [1.807, 2.05) is 31.2 Å². The number of nitro benzene ring substituents is 1. The van der Waals surface area contributed by atoms with E-state index >= 15 is 0 Å². The molecule has 3 rings (SSSR count). The lowest BCUT2D eigenvalue weighted by Crippen LogP contribution is -1.96. The molecule has 0 aliphatic rings. The van der Waals surface area contributed by atoms with Gasteiger partial charge < -0.3 is 4.74 Å². The number of nitrogens with one attached hydrogen (secondary N) is 1. The number of hydrogen-bond acceptors (Lipinski definition) is 6. The predicted octanol–water partition coefficient (Wildman–Crippen LogP) is 4.45. The van der Waals surface area contributed by atoms with Gasteiger partial charge in [-0.15, -0.1) is 0 Å². The van der Waals surface area contributed by atoms with Gasteiger partial charge in [-0.1, -0.05) is 17.7 Å². The first-order valence-corrected chi connectivity index (χ1v) is 8.67. The first kappa shape index (κ1) is 18.7. The van der Waals surface area contributed by atoms with E-state index in [0.29, 0.717) is 22.8 Å². The van der Waals surface area contributed by atoms with Crippen molar-refractivity contribution in [3.8, 4) is 17.1 Å². The van der Waals surface area contributed by atoms with Gasteiger partial charge in [0.2, 0.25) is 4.77 Å². The molecule has 0 radical (unpaired) electrons. The van der Waals surface area contributed by atoms with E-state index in [9.17, 15) is 10.1 Å². The molecule has 27 heavy (non-hydrogen) atoms. The van der Waals surface area contributed by atoms with E-state index in [-0.39, 0.29) is 10.7 Å². The van der Waals surface area contributed by atoms with Gasteiger partial charge in [-0.25, -0.2) is 5.10 Å². The van der Waals surface area contributed by atoms with Crippen molar-refractivity contribution in [1.82, 2.24) is 14.9 Å². The monoisotopic (exact) mass is 403 g/mol. The van der Waals surface area contributed by atoms with Gasteiger partial charge in [0.25, 0.3) is 5.69 Å². The highest BCUT2D eigenvalue weighted by Gasteiger charge is 2.12. The average molecular weight is 404 g/mol. The number of hydrogen-bond donors (Lipinski definition) is 1. The van der Waals surface area contributed by atoms with Crippen LogP contribution in [0.1, 0.15) is 12.5 Å². The summed E-state index contributed by atoms with van der Waals surface area (Å²) in [4.78, 5) is 10.5. The Morgan fingerprint density at radius 1 is 1.37 bits per heavy atom. The number of benzene rings is 2. The van der Waals surface area contributed by atoms with Gasteiger partial charge in [-0.05, 0) is 49.5 Å². The van der Waals surface area contributed by atoms with Gasteiger partial charge >= 0.3 is 0 Å². The van der Waals surface area contributed by atoms with Crippen molar-refractivity contribution in [2.45, 2.75) is 6.92 Å². The fraction of sp³-hybridized carbons (Fsp3) is 0.118. The zero-order chi connectivity index (χ0) is 19.4. The topological polar surface area (TPSA) is 98.3 Å². The summed E-state index contributed by atoms with van der Waals surface area (Å²) in [6.07, 6.45) is 1.45. The van der Waals surface area contributed by atoms with Crippen molar-refractivity contribution in [1.29, 1.82) is 0 Å². The molecular formula is C17H14ClN5O3S. The van der Waals surface area contributed by atoms with E-state index < -0.39 is 4.92 Å². The standard InChI is InChI=1S/C17H14ClN5O3S/c1-2-26-13-6-4-12(5-7-13)16-20-21-17(27)22(16)19-10-11-3-8-14(18)15(9-11)23(24)25/h3-10H,2H2,1H3,(H,21,27)/b19-10+. The largest absolute Gasteiger partial charge is 0.494 e. The van der Waals surface area contributed by atoms with Gasteiger partial charge in [-0.2, -0.15) is 14.9 Å². The second-order valence-corrected chi connectivity index (χ2v) is 6.13. The Bertz CT molecular complexity index is 1060. The SMILES string of the molecule is CCOc1ccc(-c2n[nH]c(=S)n2/N=C/c2ccc(Cl)c([N+](=O)[O-])c2)cc1. The summed E-state index contributed by atoms with van der Waals surface area (Å²) < 4.78 is 7.15. The lowest BCUT2D eigenvalue weighted by Gasteiger charge is -2.04. The first-order valence-electron chi connectivity index (χ1n) is 7.88. The molecule has 3 aromatic rings. The second-order valence-electron chi connectivity index (χ2n) is 5.33. The quantitative estimate of drug-likeness (QED) is 0.284. The molecule has 1 aromatic heterocycles. The molecule has 0 unspecified atom stereocenters. The molecule has 138 valence electrons. The molecule has 0 atom stereocenters. The van der Waals surface area contributed by atoms with E-state index in [2.05, 4.69) is 15.3 Å². The van der Waals surface area contributed by atoms with Gasteiger partial charge in [0.15, 0.2) is 5.82 Å². The minimum Gasteiger partial charge on any atom is -0.494 e. The van der Waals surface area contributed by atoms with Crippen molar-refractivity contribution in [3.63, 3.8) is 0 Å². The third kappa shape index (κ3) is 4.21. The molecule has 0 saturated heterocycles.